The number of carbonyl (C=O) groups is 1. The van der Waals surface area contributed by atoms with Crippen molar-refractivity contribution in [3.05, 3.63) is 24.0 Å². The Morgan fingerprint density at radius 3 is 3.00 bits per heavy atom. The van der Waals surface area contributed by atoms with Crippen LogP contribution in [0.3, 0.4) is 0 Å². The number of rotatable bonds is 1. The third kappa shape index (κ3) is 1.99. The zero-order chi connectivity index (χ0) is 8.97. The Bertz CT molecular complexity index is 341. The van der Waals surface area contributed by atoms with Crippen LogP contribution in [0.25, 0.3) is 0 Å². The van der Waals surface area contributed by atoms with Crippen molar-refractivity contribution in [2.24, 2.45) is 0 Å². The van der Waals surface area contributed by atoms with Crippen molar-refractivity contribution in [2.45, 2.75) is 0 Å². The minimum Gasteiger partial charge on any atom is -0.465 e. The first-order valence-corrected chi connectivity index (χ1v) is 3.14. The van der Waals surface area contributed by atoms with E-state index >= 15 is 0 Å². The highest BCUT2D eigenvalue weighted by Crippen LogP contribution is 2.06. The average Bonchev–Trinajstić information content (AvgIpc) is 2.03. The van der Waals surface area contributed by atoms with E-state index in [1.165, 1.54) is 18.5 Å². The number of nitrogens with one attached hydrogen (secondary N) is 1. The molecule has 0 saturated heterocycles. The summed E-state index contributed by atoms with van der Waals surface area (Å²) in [7, 11) is 0. The van der Waals surface area contributed by atoms with Crippen LogP contribution < -0.4 is 5.32 Å². The number of aromatic nitrogens is 1. The Labute approximate surface area is 69.3 Å². The number of anilines is 1. The van der Waals surface area contributed by atoms with Gasteiger partial charge in [0, 0.05) is 11.8 Å². The second kappa shape index (κ2) is 3.39. The van der Waals surface area contributed by atoms with Gasteiger partial charge in [-0.15, -0.1) is 6.42 Å². The lowest BCUT2D eigenvalue weighted by atomic mass is 10.3. The molecule has 12 heavy (non-hydrogen) atoms. The monoisotopic (exact) mass is 162 g/mol. The number of amides is 1. The van der Waals surface area contributed by atoms with E-state index in [2.05, 4.69) is 16.2 Å². The van der Waals surface area contributed by atoms with Crippen molar-refractivity contribution in [1.29, 1.82) is 0 Å². The topological polar surface area (TPSA) is 62.2 Å². The first-order chi connectivity index (χ1) is 5.72. The molecule has 0 saturated carbocycles. The van der Waals surface area contributed by atoms with Gasteiger partial charge < -0.3 is 5.11 Å². The molecule has 0 aliphatic carbocycles. The summed E-state index contributed by atoms with van der Waals surface area (Å²) in [4.78, 5) is 13.9. The van der Waals surface area contributed by atoms with Crippen molar-refractivity contribution < 1.29 is 9.90 Å². The largest absolute Gasteiger partial charge is 0.465 e. The van der Waals surface area contributed by atoms with E-state index in [0.717, 1.165) is 0 Å². The lowest BCUT2D eigenvalue weighted by Crippen LogP contribution is -2.07. The first-order valence-electron chi connectivity index (χ1n) is 3.14. The zero-order valence-corrected chi connectivity index (χ0v) is 6.11. The molecule has 4 heteroatoms. The van der Waals surface area contributed by atoms with E-state index in [4.69, 9.17) is 11.5 Å². The van der Waals surface area contributed by atoms with Gasteiger partial charge in [0.05, 0.1) is 11.9 Å². The van der Waals surface area contributed by atoms with Crippen molar-refractivity contribution in [3.8, 4) is 12.3 Å². The number of carboxylic acid groups (broad SMARTS) is 1. The predicted octanol–water partition coefficient (Wildman–Crippen LogP) is 1.15. The third-order valence-electron chi connectivity index (χ3n) is 1.16. The highest BCUT2D eigenvalue weighted by molar-refractivity contribution is 5.82. The summed E-state index contributed by atoms with van der Waals surface area (Å²) in [5, 5.41) is 10.5. The van der Waals surface area contributed by atoms with Crippen LogP contribution in [0.5, 0.6) is 0 Å². The Morgan fingerprint density at radius 2 is 2.42 bits per heavy atom. The van der Waals surface area contributed by atoms with Gasteiger partial charge in [-0.05, 0) is 6.07 Å². The van der Waals surface area contributed by atoms with Gasteiger partial charge in [-0.1, -0.05) is 5.92 Å². The number of hydrogen-bond donors (Lipinski definition) is 2. The van der Waals surface area contributed by atoms with Gasteiger partial charge in [0.25, 0.3) is 0 Å². The van der Waals surface area contributed by atoms with Crippen LogP contribution in [0.2, 0.25) is 0 Å². The van der Waals surface area contributed by atoms with Crippen LogP contribution in [-0.2, 0) is 0 Å². The number of hydrogen-bond acceptors (Lipinski definition) is 2. The normalized spacial score (nSPS) is 8.58. The minimum atomic E-state index is -1.13. The summed E-state index contributed by atoms with van der Waals surface area (Å²) in [6.45, 7) is 0. The molecule has 0 aliphatic heterocycles. The van der Waals surface area contributed by atoms with E-state index in [1.807, 2.05) is 0 Å². The molecule has 1 heterocycles. The number of pyridine rings is 1. The van der Waals surface area contributed by atoms with Crippen LogP contribution in [-0.4, -0.2) is 16.2 Å². The van der Waals surface area contributed by atoms with Gasteiger partial charge in [-0.2, -0.15) is 0 Å². The summed E-state index contributed by atoms with van der Waals surface area (Å²) in [6.07, 6.45) is 6.81. The molecular weight excluding hydrogens is 156 g/mol. The molecule has 4 nitrogen and oxygen atoms in total. The molecule has 1 rings (SSSR count). The molecule has 0 aliphatic rings. The van der Waals surface area contributed by atoms with Crippen LogP contribution in [0, 0.1) is 12.3 Å². The lowest BCUT2D eigenvalue weighted by Gasteiger charge is -1.98. The van der Waals surface area contributed by atoms with Gasteiger partial charge in [0.2, 0.25) is 0 Å². The molecule has 1 aromatic rings. The summed E-state index contributed by atoms with van der Waals surface area (Å²) in [5.41, 5.74) is 0.916. The molecule has 2 N–H and O–H groups in total. The van der Waals surface area contributed by atoms with E-state index in [9.17, 15) is 4.79 Å². The lowest BCUT2D eigenvalue weighted by molar-refractivity contribution is 0.209. The van der Waals surface area contributed by atoms with Crippen molar-refractivity contribution in [3.63, 3.8) is 0 Å². The van der Waals surface area contributed by atoms with Crippen molar-refractivity contribution in [2.75, 3.05) is 5.32 Å². The fraction of sp³-hybridized carbons (Fsp3) is 0. The maximum Gasteiger partial charge on any atom is 0.409 e. The van der Waals surface area contributed by atoms with Gasteiger partial charge in [0.1, 0.15) is 0 Å². The molecule has 60 valence electrons. The Balaban J connectivity index is 2.88. The third-order valence-corrected chi connectivity index (χ3v) is 1.16. The van der Waals surface area contributed by atoms with Gasteiger partial charge in [0.15, 0.2) is 0 Å². The van der Waals surface area contributed by atoms with E-state index in [1.54, 1.807) is 0 Å². The molecule has 0 bridgehead atoms. The molecular formula is C8H6N2O2. The van der Waals surface area contributed by atoms with Crippen LogP contribution in [0.4, 0.5) is 10.5 Å². The second-order valence-electron chi connectivity index (χ2n) is 2.04. The van der Waals surface area contributed by atoms with Crippen LogP contribution in [0.15, 0.2) is 18.5 Å². The van der Waals surface area contributed by atoms with Crippen LogP contribution in [0.1, 0.15) is 5.56 Å². The summed E-state index contributed by atoms with van der Waals surface area (Å²) < 4.78 is 0. The Kier molecular flexibility index (Phi) is 2.29. The van der Waals surface area contributed by atoms with Gasteiger partial charge in [-0.25, -0.2) is 4.79 Å². The Hall–Kier alpha value is -2.02. The quantitative estimate of drug-likeness (QED) is 0.609. The molecule has 1 aromatic heterocycles. The summed E-state index contributed by atoms with van der Waals surface area (Å²) in [6, 6.07) is 1.53. The highest BCUT2D eigenvalue weighted by atomic mass is 16.4. The van der Waals surface area contributed by atoms with Gasteiger partial charge >= 0.3 is 6.09 Å². The molecule has 0 aromatic carbocycles. The first kappa shape index (κ1) is 8.08. The average molecular weight is 162 g/mol. The maximum absolute atomic E-state index is 10.2. The number of nitrogens with zero attached hydrogens (tertiary/aromatic N) is 1. The Morgan fingerprint density at radius 1 is 1.67 bits per heavy atom. The van der Waals surface area contributed by atoms with E-state index < -0.39 is 6.09 Å². The summed E-state index contributed by atoms with van der Waals surface area (Å²) in [5.74, 6) is 2.35. The molecule has 0 radical (unpaired) electrons. The fourth-order valence-corrected chi connectivity index (χ4v) is 0.711. The molecule has 1 amide bonds. The summed E-state index contributed by atoms with van der Waals surface area (Å²) >= 11 is 0. The molecule has 0 unspecified atom stereocenters. The predicted molar refractivity (Wildman–Crippen MR) is 43.8 cm³/mol. The van der Waals surface area contributed by atoms with Crippen molar-refractivity contribution in [1.82, 2.24) is 4.98 Å². The highest BCUT2D eigenvalue weighted by Gasteiger charge is 1.97. The zero-order valence-electron chi connectivity index (χ0n) is 6.11. The van der Waals surface area contributed by atoms with Gasteiger partial charge in [-0.3, -0.25) is 10.3 Å². The fourth-order valence-electron chi connectivity index (χ4n) is 0.711. The molecule has 0 atom stereocenters. The second-order valence-corrected chi connectivity index (χ2v) is 2.04. The minimum absolute atomic E-state index is 0.373. The maximum atomic E-state index is 10.2. The molecule has 0 fully saturated rings. The standard InChI is InChI=1S/C8H6N2O2/c1-2-6-3-7(5-9-4-6)10-8(11)12/h1,3-5,10H,(H,11,12). The van der Waals surface area contributed by atoms with E-state index in [-0.39, 0.29) is 0 Å². The number of terminal acetylenes is 1. The SMILES string of the molecule is C#Cc1cncc(NC(=O)O)c1. The van der Waals surface area contributed by atoms with E-state index in [0.29, 0.717) is 11.3 Å². The molecule has 0 spiro atoms. The van der Waals surface area contributed by atoms with Crippen LogP contribution >= 0.6 is 0 Å². The van der Waals surface area contributed by atoms with Crippen molar-refractivity contribution >= 4 is 11.8 Å². The smallest absolute Gasteiger partial charge is 0.409 e.